The van der Waals surface area contributed by atoms with E-state index in [4.69, 9.17) is 25.1 Å². The predicted molar refractivity (Wildman–Crippen MR) is 100 cm³/mol. The van der Waals surface area contributed by atoms with E-state index >= 15 is 0 Å². The van der Waals surface area contributed by atoms with Crippen LogP contribution in [-0.2, 0) is 4.79 Å². The van der Waals surface area contributed by atoms with Crippen LogP contribution >= 0.6 is 0 Å². The molecule has 1 unspecified atom stereocenters. The molecule has 142 valence electrons. The van der Waals surface area contributed by atoms with Gasteiger partial charge in [-0.1, -0.05) is 18.2 Å². The fraction of sp³-hybridized carbons (Fsp3) is 0.200. The lowest BCUT2D eigenvalue weighted by atomic mass is 10.0. The predicted octanol–water partition coefficient (Wildman–Crippen LogP) is 2.69. The Balaban J connectivity index is 2.21. The third kappa shape index (κ3) is 4.65. The van der Waals surface area contributed by atoms with Crippen molar-refractivity contribution in [3.05, 3.63) is 59.2 Å². The molecule has 0 aliphatic carbocycles. The van der Waals surface area contributed by atoms with E-state index < -0.39 is 12.0 Å². The Morgan fingerprint density at radius 2 is 1.56 bits per heavy atom. The summed E-state index contributed by atoms with van der Waals surface area (Å²) in [5.41, 5.74) is 7.30. The second-order valence-electron chi connectivity index (χ2n) is 5.60. The zero-order chi connectivity index (χ0) is 20.0. The number of carboxylic acids is 1. The van der Waals surface area contributed by atoms with Gasteiger partial charge in [0, 0.05) is 0 Å². The van der Waals surface area contributed by atoms with Gasteiger partial charge >= 0.3 is 5.97 Å². The number of ether oxygens (including phenoxy) is 3. The highest BCUT2D eigenvalue weighted by Crippen LogP contribution is 2.38. The summed E-state index contributed by atoms with van der Waals surface area (Å²) in [6, 6.07) is 8.39. The van der Waals surface area contributed by atoms with Crippen molar-refractivity contribution in [2.75, 3.05) is 21.3 Å². The molecule has 2 aromatic rings. The average Bonchev–Trinajstić information content (AvgIpc) is 2.70. The van der Waals surface area contributed by atoms with Crippen molar-refractivity contribution in [1.82, 2.24) is 0 Å². The van der Waals surface area contributed by atoms with E-state index in [9.17, 15) is 9.59 Å². The highest BCUT2D eigenvalue weighted by Gasteiger charge is 2.15. The average molecular weight is 371 g/mol. The third-order valence-electron chi connectivity index (χ3n) is 3.95. The van der Waals surface area contributed by atoms with Crippen LogP contribution in [0.15, 0.2) is 42.5 Å². The smallest absolute Gasteiger partial charge is 0.335 e. The van der Waals surface area contributed by atoms with Gasteiger partial charge in [-0.3, -0.25) is 4.79 Å². The Morgan fingerprint density at radius 3 is 2.00 bits per heavy atom. The topological polar surface area (TPSA) is 108 Å². The summed E-state index contributed by atoms with van der Waals surface area (Å²) in [7, 11) is 4.52. The standard InChI is InChI=1S/C20H21NO6/c1-25-16-10-12(11-17(26-2)19(16)27-3)4-9-15(22)18(21)13-5-7-14(8-6-13)20(23)24/h4-11,18H,21H2,1-3H3,(H,23,24). The van der Waals surface area contributed by atoms with Crippen LogP contribution in [0.25, 0.3) is 6.08 Å². The molecule has 0 aromatic heterocycles. The van der Waals surface area contributed by atoms with Gasteiger partial charge in [0.15, 0.2) is 17.3 Å². The number of aromatic carboxylic acids is 1. The van der Waals surface area contributed by atoms with Crippen LogP contribution < -0.4 is 19.9 Å². The van der Waals surface area contributed by atoms with Gasteiger partial charge in [0.05, 0.1) is 32.9 Å². The van der Waals surface area contributed by atoms with E-state index in [-0.39, 0.29) is 11.3 Å². The van der Waals surface area contributed by atoms with Crippen molar-refractivity contribution in [3.8, 4) is 17.2 Å². The minimum Gasteiger partial charge on any atom is -0.493 e. The summed E-state index contributed by atoms with van der Waals surface area (Å²) >= 11 is 0. The molecule has 2 aromatic carbocycles. The Kier molecular flexibility index (Phi) is 6.56. The molecule has 0 amide bonds. The molecule has 0 aliphatic heterocycles. The summed E-state index contributed by atoms with van der Waals surface area (Å²) in [6.07, 6.45) is 2.95. The molecule has 0 radical (unpaired) electrons. The van der Waals surface area contributed by atoms with E-state index in [1.807, 2.05) is 0 Å². The van der Waals surface area contributed by atoms with E-state index in [2.05, 4.69) is 0 Å². The number of methoxy groups -OCH3 is 3. The minimum absolute atomic E-state index is 0.131. The molecule has 0 fully saturated rings. The quantitative estimate of drug-likeness (QED) is 0.687. The van der Waals surface area contributed by atoms with E-state index in [0.29, 0.717) is 28.4 Å². The first-order valence-corrected chi connectivity index (χ1v) is 8.02. The van der Waals surface area contributed by atoms with Crippen molar-refractivity contribution in [3.63, 3.8) is 0 Å². The highest BCUT2D eigenvalue weighted by atomic mass is 16.5. The van der Waals surface area contributed by atoms with Gasteiger partial charge in [-0.05, 0) is 41.5 Å². The number of carbonyl (C=O) groups excluding carboxylic acids is 1. The summed E-state index contributed by atoms with van der Waals surface area (Å²) < 4.78 is 15.8. The fourth-order valence-corrected chi connectivity index (χ4v) is 2.48. The van der Waals surface area contributed by atoms with Crippen LogP contribution in [0.5, 0.6) is 17.2 Å². The monoisotopic (exact) mass is 371 g/mol. The minimum atomic E-state index is -1.04. The van der Waals surface area contributed by atoms with E-state index in [1.54, 1.807) is 18.2 Å². The lowest BCUT2D eigenvalue weighted by Crippen LogP contribution is -2.19. The van der Waals surface area contributed by atoms with Gasteiger partial charge in [0.1, 0.15) is 0 Å². The Bertz CT molecular complexity index is 832. The first-order valence-electron chi connectivity index (χ1n) is 8.02. The zero-order valence-corrected chi connectivity index (χ0v) is 15.3. The number of benzene rings is 2. The van der Waals surface area contributed by atoms with Crippen molar-refractivity contribution in [2.24, 2.45) is 5.73 Å². The molecule has 2 rings (SSSR count). The molecular formula is C20H21NO6. The van der Waals surface area contributed by atoms with Crippen LogP contribution in [0.3, 0.4) is 0 Å². The molecule has 0 aliphatic rings. The molecule has 27 heavy (non-hydrogen) atoms. The first-order chi connectivity index (χ1) is 12.9. The molecule has 0 bridgehead atoms. The summed E-state index contributed by atoms with van der Waals surface area (Å²) in [5.74, 6) is 0.0317. The molecule has 7 nitrogen and oxygen atoms in total. The largest absolute Gasteiger partial charge is 0.493 e. The Labute approximate surface area is 157 Å². The molecule has 1 atom stereocenters. The maximum atomic E-state index is 12.4. The van der Waals surface area contributed by atoms with Crippen LogP contribution in [0.2, 0.25) is 0 Å². The molecule has 0 saturated carbocycles. The van der Waals surface area contributed by atoms with Crippen molar-refractivity contribution in [2.45, 2.75) is 6.04 Å². The van der Waals surface area contributed by atoms with Crippen molar-refractivity contribution >= 4 is 17.8 Å². The van der Waals surface area contributed by atoms with Gasteiger partial charge < -0.3 is 25.1 Å². The molecule has 0 heterocycles. The number of hydrogen-bond acceptors (Lipinski definition) is 6. The number of carbonyl (C=O) groups is 2. The van der Waals surface area contributed by atoms with Gasteiger partial charge in [0.2, 0.25) is 5.75 Å². The summed E-state index contributed by atoms with van der Waals surface area (Å²) in [6.45, 7) is 0. The lowest BCUT2D eigenvalue weighted by Gasteiger charge is -2.13. The lowest BCUT2D eigenvalue weighted by molar-refractivity contribution is -0.115. The third-order valence-corrected chi connectivity index (χ3v) is 3.95. The molecule has 3 N–H and O–H groups in total. The maximum Gasteiger partial charge on any atom is 0.335 e. The number of carboxylic acid groups (broad SMARTS) is 1. The van der Waals surface area contributed by atoms with E-state index in [0.717, 1.165) is 0 Å². The molecular weight excluding hydrogens is 350 g/mol. The number of hydrogen-bond donors (Lipinski definition) is 2. The maximum absolute atomic E-state index is 12.4. The Hall–Kier alpha value is -3.32. The summed E-state index contributed by atoms with van der Waals surface area (Å²) in [4.78, 5) is 23.2. The molecule has 0 saturated heterocycles. The first kappa shape index (κ1) is 20.0. The fourth-order valence-electron chi connectivity index (χ4n) is 2.48. The zero-order valence-electron chi connectivity index (χ0n) is 15.3. The van der Waals surface area contributed by atoms with Gasteiger partial charge in [-0.2, -0.15) is 0 Å². The number of rotatable bonds is 8. The van der Waals surface area contributed by atoms with Crippen LogP contribution in [0.4, 0.5) is 0 Å². The number of ketones is 1. The number of nitrogens with two attached hydrogens (primary N) is 1. The van der Waals surface area contributed by atoms with Crippen molar-refractivity contribution in [1.29, 1.82) is 0 Å². The Morgan fingerprint density at radius 1 is 1.00 bits per heavy atom. The van der Waals surface area contributed by atoms with E-state index in [1.165, 1.54) is 51.7 Å². The molecule has 7 heteroatoms. The van der Waals surface area contributed by atoms with Gasteiger partial charge in [-0.25, -0.2) is 4.79 Å². The highest BCUT2D eigenvalue weighted by molar-refractivity contribution is 5.98. The summed E-state index contributed by atoms with van der Waals surface area (Å²) in [5, 5.41) is 8.92. The van der Waals surface area contributed by atoms with Crippen LogP contribution in [0, 0.1) is 0 Å². The second-order valence-corrected chi connectivity index (χ2v) is 5.60. The van der Waals surface area contributed by atoms with Crippen molar-refractivity contribution < 1.29 is 28.9 Å². The van der Waals surface area contributed by atoms with Gasteiger partial charge in [0.25, 0.3) is 0 Å². The van der Waals surface area contributed by atoms with Crippen LogP contribution in [0.1, 0.15) is 27.5 Å². The molecule has 0 spiro atoms. The normalized spacial score (nSPS) is 11.9. The van der Waals surface area contributed by atoms with Crippen LogP contribution in [-0.4, -0.2) is 38.2 Å². The van der Waals surface area contributed by atoms with Gasteiger partial charge in [-0.15, -0.1) is 0 Å². The SMILES string of the molecule is COc1cc(C=CC(=O)C(N)c2ccc(C(=O)O)cc2)cc(OC)c1OC. The second kappa shape index (κ2) is 8.86.